The predicted octanol–water partition coefficient (Wildman–Crippen LogP) is 4.05. The molecular formula is C15H17N3S2. The monoisotopic (exact) mass is 303 g/mol. The van der Waals surface area contributed by atoms with Gasteiger partial charge in [-0.2, -0.15) is 0 Å². The third kappa shape index (κ3) is 3.23. The summed E-state index contributed by atoms with van der Waals surface area (Å²) in [5.74, 6) is 0. The Morgan fingerprint density at radius 1 is 1.00 bits per heavy atom. The first-order valence-corrected chi connectivity index (χ1v) is 7.41. The summed E-state index contributed by atoms with van der Waals surface area (Å²) in [6.45, 7) is 4.01. The Bertz CT molecular complexity index is 715. The fourth-order valence-electron chi connectivity index (χ4n) is 1.77. The molecule has 1 heterocycles. The van der Waals surface area contributed by atoms with Crippen LogP contribution in [0.25, 0.3) is 10.2 Å². The highest BCUT2D eigenvalue weighted by atomic mass is 32.1. The van der Waals surface area contributed by atoms with E-state index < -0.39 is 0 Å². The highest BCUT2D eigenvalue weighted by Gasteiger charge is 2.01. The standard InChI is InChI=1S/C8H8N2S.C7H9NS/c1-5-3-2-4-6-7(5)10-8(9)11-6;1-5-3-2-4-6(9)7(5)8/h2-4H,1H3,(H2,9,10);2-4,9H,8H2,1H3. The van der Waals surface area contributed by atoms with Crippen LogP contribution in [0.1, 0.15) is 11.1 Å². The third-order valence-electron chi connectivity index (χ3n) is 2.94. The van der Waals surface area contributed by atoms with Gasteiger partial charge in [-0.3, -0.25) is 0 Å². The van der Waals surface area contributed by atoms with Crippen LogP contribution >= 0.6 is 24.0 Å². The first-order chi connectivity index (χ1) is 9.49. The maximum absolute atomic E-state index is 5.61. The Morgan fingerprint density at radius 3 is 2.25 bits per heavy atom. The molecule has 0 spiro atoms. The van der Waals surface area contributed by atoms with Crippen molar-refractivity contribution in [3.05, 3.63) is 47.5 Å². The maximum Gasteiger partial charge on any atom is 0.181 e. The van der Waals surface area contributed by atoms with Crippen LogP contribution < -0.4 is 11.5 Å². The van der Waals surface area contributed by atoms with Gasteiger partial charge in [0.15, 0.2) is 5.13 Å². The van der Waals surface area contributed by atoms with E-state index in [0.29, 0.717) is 5.13 Å². The summed E-state index contributed by atoms with van der Waals surface area (Å²) in [5.41, 5.74) is 15.3. The van der Waals surface area contributed by atoms with E-state index in [9.17, 15) is 0 Å². The van der Waals surface area contributed by atoms with Crippen LogP contribution in [0, 0.1) is 13.8 Å². The van der Waals surface area contributed by atoms with Crippen LogP contribution in [-0.2, 0) is 0 Å². The molecule has 0 fully saturated rings. The van der Waals surface area contributed by atoms with Gasteiger partial charge >= 0.3 is 0 Å². The van der Waals surface area contributed by atoms with Gasteiger partial charge in [-0.1, -0.05) is 35.6 Å². The number of nitrogen functional groups attached to an aromatic ring is 2. The quantitative estimate of drug-likeness (QED) is 0.433. The van der Waals surface area contributed by atoms with Gasteiger partial charge in [-0.15, -0.1) is 12.6 Å². The van der Waals surface area contributed by atoms with Crippen molar-refractivity contribution in [3.63, 3.8) is 0 Å². The van der Waals surface area contributed by atoms with Crippen LogP contribution in [-0.4, -0.2) is 4.98 Å². The zero-order valence-corrected chi connectivity index (χ0v) is 13.1. The molecule has 4 N–H and O–H groups in total. The third-order valence-corrected chi connectivity index (χ3v) is 4.18. The number of thiol groups is 1. The molecule has 20 heavy (non-hydrogen) atoms. The molecule has 0 saturated heterocycles. The number of nitrogens with zero attached hydrogens (tertiary/aromatic N) is 1. The number of para-hydroxylation sites is 2. The summed E-state index contributed by atoms with van der Waals surface area (Å²) in [6, 6.07) is 11.9. The van der Waals surface area contributed by atoms with Gasteiger partial charge in [0.1, 0.15) is 0 Å². The topological polar surface area (TPSA) is 64.9 Å². The number of nitrogens with two attached hydrogens (primary N) is 2. The molecule has 0 bridgehead atoms. The Hall–Kier alpha value is -1.72. The summed E-state index contributed by atoms with van der Waals surface area (Å²) < 4.78 is 1.17. The predicted molar refractivity (Wildman–Crippen MR) is 91.6 cm³/mol. The number of rotatable bonds is 0. The smallest absolute Gasteiger partial charge is 0.181 e. The van der Waals surface area contributed by atoms with Crippen molar-refractivity contribution in [2.24, 2.45) is 0 Å². The largest absolute Gasteiger partial charge is 0.398 e. The van der Waals surface area contributed by atoms with E-state index in [1.807, 2.05) is 50.2 Å². The summed E-state index contributed by atoms with van der Waals surface area (Å²) in [7, 11) is 0. The molecule has 2 aromatic carbocycles. The molecule has 3 nitrogen and oxygen atoms in total. The Kier molecular flexibility index (Phi) is 4.52. The van der Waals surface area contributed by atoms with Crippen molar-refractivity contribution in [2.45, 2.75) is 18.7 Å². The lowest BCUT2D eigenvalue weighted by molar-refractivity contribution is 1.37. The maximum atomic E-state index is 5.61. The van der Waals surface area contributed by atoms with E-state index in [-0.39, 0.29) is 0 Å². The van der Waals surface area contributed by atoms with E-state index in [4.69, 9.17) is 11.5 Å². The van der Waals surface area contributed by atoms with E-state index in [1.165, 1.54) is 21.6 Å². The van der Waals surface area contributed by atoms with E-state index in [1.54, 1.807) is 0 Å². The first-order valence-electron chi connectivity index (χ1n) is 6.14. The number of benzene rings is 2. The lowest BCUT2D eigenvalue weighted by Gasteiger charge is -1.99. The zero-order valence-electron chi connectivity index (χ0n) is 11.4. The molecular weight excluding hydrogens is 286 g/mol. The number of thiazole rings is 1. The molecule has 3 rings (SSSR count). The van der Waals surface area contributed by atoms with Crippen molar-refractivity contribution in [3.8, 4) is 0 Å². The van der Waals surface area contributed by atoms with Gasteiger partial charge in [-0.05, 0) is 37.1 Å². The molecule has 0 radical (unpaired) electrons. The summed E-state index contributed by atoms with van der Waals surface area (Å²) in [5, 5.41) is 0.648. The van der Waals surface area contributed by atoms with Gasteiger partial charge in [0, 0.05) is 10.6 Å². The van der Waals surface area contributed by atoms with E-state index >= 15 is 0 Å². The molecule has 0 aliphatic rings. The molecule has 3 aromatic rings. The van der Waals surface area contributed by atoms with Gasteiger partial charge in [-0.25, -0.2) is 4.98 Å². The Balaban J connectivity index is 0.000000151. The number of hydrogen-bond acceptors (Lipinski definition) is 5. The second-order valence-corrected chi connectivity index (χ2v) is 6.03. The lowest BCUT2D eigenvalue weighted by Crippen LogP contribution is -1.89. The molecule has 0 amide bonds. The van der Waals surface area contributed by atoms with E-state index in [2.05, 4.69) is 17.6 Å². The van der Waals surface area contributed by atoms with Crippen LogP contribution in [0.2, 0.25) is 0 Å². The molecule has 5 heteroatoms. The van der Waals surface area contributed by atoms with Crippen molar-refractivity contribution < 1.29 is 0 Å². The average Bonchev–Trinajstić information content (AvgIpc) is 2.79. The fraction of sp³-hybridized carbons (Fsp3) is 0.133. The van der Waals surface area contributed by atoms with E-state index in [0.717, 1.165) is 21.7 Å². The SMILES string of the molecule is Cc1cccc(S)c1N.Cc1cccc2sc(N)nc12. The van der Waals surface area contributed by atoms with Crippen LogP contribution in [0.3, 0.4) is 0 Å². The molecule has 0 aliphatic carbocycles. The molecule has 1 aromatic heterocycles. The summed E-state index contributed by atoms with van der Waals surface area (Å²) in [6.07, 6.45) is 0. The zero-order chi connectivity index (χ0) is 14.7. The lowest BCUT2D eigenvalue weighted by atomic mass is 10.2. The fourth-order valence-corrected chi connectivity index (χ4v) is 2.84. The minimum absolute atomic E-state index is 0.648. The van der Waals surface area contributed by atoms with Crippen molar-refractivity contribution >= 4 is 45.0 Å². The molecule has 0 unspecified atom stereocenters. The average molecular weight is 303 g/mol. The Labute approximate surface area is 128 Å². The van der Waals surface area contributed by atoms with Crippen LogP contribution in [0.4, 0.5) is 10.8 Å². The number of aryl methyl sites for hydroxylation is 2. The Morgan fingerprint density at radius 2 is 1.65 bits per heavy atom. The molecule has 104 valence electrons. The van der Waals surface area contributed by atoms with Gasteiger partial charge < -0.3 is 11.5 Å². The van der Waals surface area contributed by atoms with Gasteiger partial charge in [0.05, 0.1) is 10.2 Å². The first kappa shape index (κ1) is 14.7. The number of fused-ring (bicyclic) bond motifs is 1. The number of aromatic nitrogens is 1. The normalized spacial score (nSPS) is 10.2. The molecule has 0 aliphatic heterocycles. The van der Waals surface area contributed by atoms with Gasteiger partial charge in [0.25, 0.3) is 0 Å². The number of hydrogen-bond donors (Lipinski definition) is 3. The van der Waals surface area contributed by atoms with Crippen LogP contribution in [0.15, 0.2) is 41.3 Å². The van der Waals surface area contributed by atoms with Gasteiger partial charge in [0.2, 0.25) is 0 Å². The summed E-state index contributed by atoms with van der Waals surface area (Å²) >= 11 is 5.68. The highest BCUT2D eigenvalue weighted by molar-refractivity contribution is 7.80. The number of anilines is 2. The second kappa shape index (κ2) is 6.15. The van der Waals surface area contributed by atoms with Crippen molar-refractivity contribution in [1.82, 2.24) is 4.98 Å². The molecule has 0 saturated carbocycles. The highest BCUT2D eigenvalue weighted by Crippen LogP contribution is 2.25. The minimum atomic E-state index is 0.648. The van der Waals surface area contributed by atoms with Crippen molar-refractivity contribution in [2.75, 3.05) is 11.5 Å². The second-order valence-electron chi connectivity index (χ2n) is 4.48. The van der Waals surface area contributed by atoms with Crippen molar-refractivity contribution in [1.29, 1.82) is 0 Å². The summed E-state index contributed by atoms with van der Waals surface area (Å²) in [4.78, 5) is 5.07. The minimum Gasteiger partial charge on any atom is -0.398 e. The molecule has 0 atom stereocenters. The van der Waals surface area contributed by atoms with Crippen LogP contribution in [0.5, 0.6) is 0 Å².